The van der Waals surface area contributed by atoms with E-state index >= 15 is 0 Å². The zero-order chi connectivity index (χ0) is 17.0. The van der Waals surface area contributed by atoms with Gasteiger partial charge < -0.3 is 19.7 Å². The van der Waals surface area contributed by atoms with Crippen LogP contribution < -0.4 is 0 Å². The van der Waals surface area contributed by atoms with Gasteiger partial charge in [0.2, 0.25) is 0 Å². The van der Waals surface area contributed by atoms with Gasteiger partial charge in [0.25, 0.3) is 0 Å². The van der Waals surface area contributed by atoms with Crippen molar-refractivity contribution in [2.75, 3.05) is 13.7 Å². The molecule has 2 rings (SSSR count). The number of aliphatic hydroxyl groups is 2. The van der Waals surface area contributed by atoms with Gasteiger partial charge in [0.05, 0.1) is 43.5 Å². The third-order valence-corrected chi connectivity index (χ3v) is 3.37. The highest BCUT2D eigenvalue weighted by Gasteiger charge is 2.24. The SMILES string of the molecule is CCOC(=O)CC(O)C(O)c1cc(C(=O)OC)c2cn[nH]c2c1. The lowest BCUT2D eigenvalue weighted by Gasteiger charge is -2.18. The van der Waals surface area contributed by atoms with Gasteiger partial charge in [0.15, 0.2) is 0 Å². The number of nitrogens with zero attached hydrogens (tertiary/aromatic N) is 1. The topological polar surface area (TPSA) is 122 Å². The molecule has 2 atom stereocenters. The first-order valence-corrected chi connectivity index (χ1v) is 7.05. The summed E-state index contributed by atoms with van der Waals surface area (Å²) >= 11 is 0. The van der Waals surface area contributed by atoms with Crippen LogP contribution in [0.1, 0.15) is 35.4 Å². The molecular formula is C15H18N2O6. The summed E-state index contributed by atoms with van der Waals surface area (Å²) in [6, 6.07) is 2.95. The number of hydrogen-bond acceptors (Lipinski definition) is 7. The number of benzene rings is 1. The minimum atomic E-state index is -1.37. The molecule has 124 valence electrons. The Kier molecular flexibility index (Phi) is 5.30. The number of carbonyl (C=O) groups excluding carboxylic acids is 2. The molecule has 0 aliphatic rings. The van der Waals surface area contributed by atoms with Crippen LogP contribution in [0.2, 0.25) is 0 Å². The van der Waals surface area contributed by atoms with Gasteiger partial charge in [-0.1, -0.05) is 0 Å². The van der Waals surface area contributed by atoms with E-state index in [4.69, 9.17) is 9.47 Å². The summed E-state index contributed by atoms with van der Waals surface area (Å²) in [6.07, 6.45) is -1.62. The molecule has 0 radical (unpaired) electrons. The smallest absolute Gasteiger partial charge is 0.338 e. The number of H-pyrrole nitrogens is 1. The van der Waals surface area contributed by atoms with E-state index in [9.17, 15) is 19.8 Å². The van der Waals surface area contributed by atoms with Gasteiger partial charge in [0.1, 0.15) is 6.10 Å². The minimum Gasteiger partial charge on any atom is -0.466 e. The molecule has 1 heterocycles. The number of esters is 2. The third kappa shape index (κ3) is 3.66. The first-order chi connectivity index (χ1) is 11.0. The van der Waals surface area contributed by atoms with Crippen molar-refractivity contribution >= 4 is 22.8 Å². The normalized spacial score (nSPS) is 13.6. The van der Waals surface area contributed by atoms with Crippen LogP contribution in [0.4, 0.5) is 0 Å². The number of ether oxygens (including phenoxy) is 2. The maximum atomic E-state index is 11.9. The van der Waals surface area contributed by atoms with E-state index in [1.165, 1.54) is 19.4 Å². The van der Waals surface area contributed by atoms with Crippen LogP contribution in [0, 0.1) is 0 Å². The molecule has 8 nitrogen and oxygen atoms in total. The van der Waals surface area contributed by atoms with Crippen molar-refractivity contribution in [2.45, 2.75) is 25.6 Å². The molecule has 1 aromatic heterocycles. The highest BCUT2D eigenvalue weighted by molar-refractivity contribution is 6.03. The lowest BCUT2D eigenvalue weighted by atomic mass is 9.98. The van der Waals surface area contributed by atoms with Crippen LogP contribution >= 0.6 is 0 Å². The van der Waals surface area contributed by atoms with Gasteiger partial charge in [-0.15, -0.1) is 0 Å². The maximum absolute atomic E-state index is 11.9. The van der Waals surface area contributed by atoms with E-state index < -0.39 is 24.1 Å². The second-order valence-electron chi connectivity index (χ2n) is 4.91. The lowest BCUT2D eigenvalue weighted by Crippen LogP contribution is -2.23. The molecule has 0 bridgehead atoms. The zero-order valence-electron chi connectivity index (χ0n) is 12.8. The Morgan fingerprint density at radius 3 is 2.74 bits per heavy atom. The summed E-state index contributed by atoms with van der Waals surface area (Å²) in [7, 11) is 1.24. The quantitative estimate of drug-likeness (QED) is 0.669. The van der Waals surface area contributed by atoms with Crippen LogP contribution in [0.15, 0.2) is 18.3 Å². The number of hydrogen-bond donors (Lipinski definition) is 3. The first kappa shape index (κ1) is 16.9. The Bertz CT molecular complexity index is 711. The number of carbonyl (C=O) groups is 2. The molecule has 3 N–H and O–H groups in total. The van der Waals surface area contributed by atoms with Crippen molar-refractivity contribution in [3.8, 4) is 0 Å². The fraction of sp³-hybridized carbons (Fsp3) is 0.400. The van der Waals surface area contributed by atoms with Crippen LogP contribution in [-0.4, -0.2) is 52.2 Å². The molecule has 0 aliphatic heterocycles. The Morgan fingerprint density at radius 2 is 2.09 bits per heavy atom. The molecule has 2 unspecified atom stereocenters. The Morgan fingerprint density at radius 1 is 1.35 bits per heavy atom. The van der Waals surface area contributed by atoms with Gasteiger partial charge >= 0.3 is 11.9 Å². The minimum absolute atomic E-state index is 0.189. The van der Waals surface area contributed by atoms with E-state index in [1.54, 1.807) is 13.0 Å². The Labute approximate surface area is 132 Å². The number of rotatable bonds is 6. The summed E-state index contributed by atoms with van der Waals surface area (Å²) in [5.41, 5.74) is 0.973. The second-order valence-corrected chi connectivity index (χ2v) is 4.91. The molecule has 0 aliphatic carbocycles. The maximum Gasteiger partial charge on any atom is 0.338 e. The first-order valence-electron chi connectivity index (χ1n) is 7.05. The van der Waals surface area contributed by atoms with E-state index in [1.807, 2.05) is 0 Å². The monoisotopic (exact) mass is 322 g/mol. The van der Waals surface area contributed by atoms with Crippen molar-refractivity contribution in [2.24, 2.45) is 0 Å². The van der Waals surface area contributed by atoms with Gasteiger partial charge in [-0.05, 0) is 24.6 Å². The van der Waals surface area contributed by atoms with Crippen molar-refractivity contribution in [3.63, 3.8) is 0 Å². The Hall–Kier alpha value is -2.45. The van der Waals surface area contributed by atoms with Crippen molar-refractivity contribution in [3.05, 3.63) is 29.5 Å². The molecule has 8 heteroatoms. The van der Waals surface area contributed by atoms with Crippen molar-refractivity contribution in [1.82, 2.24) is 10.2 Å². The molecule has 23 heavy (non-hydrogen) atoms. The fourth-order valence-corrected chi connectivity index (χ4v) is 2.25. The summed E-state index contributed by atoms with van der Waals surface area (Å²) in [5.74, 6) is -1.21. The van der Waals surface area contributed by atoms with E-state index in [0.717, 1.165) is 0 Å². The number of methoxy groups -OCH3 is 1. The van der Waals surface area contributed by atoms with Crippen LogP contribution in [0.5, 0.6) is 0 Å². The van der Waals surface area contributed by atoms with Gasteiger partial charge in [-0.3, -0.25) is 9.89 Å². The van der Waals surface area contributed by atoms with Crippen LogP contribution in [0.3, 0.4) is 0 Å². The highest BCUT2D eigenvalue weighted by atomic mass is 16.5. The van der Waals surface area contributed by atoms with Crippen LogP contribution in [0.25, 0.3) is 10.9 Å². The molecule has 0 spiro atoms. The summed E-state index contributed by atoms with van der Waals surface area (Å²) in [6.45, 7) is 1.84. The largest absolute Gasteiger partial charge is 0.466 e. The molecule has 0 amide bonds. The predicted molar refractivity (Wildman–Crippen MR) is 79.6 cm³/mol. The number of aromatic nitrogens is 2. The highest BCUT2D eigenvalue weighted by Crippen LogP contribution is 2.26. The van der Waals surface area contributed by atoms with Gasteiger partial charge in [-0.25, -0.2) is 4.79 Å². The predicted octanol–water partition coefficient (Wildman–Crippen LogP) is 0.697. The standard InChI is InChI=1S/C15H18N2O6/c1-3-23-13(19)6-12(18)14(20)8-4-9(15(21)22-2)10-7-16-17-11(10)5-8/h4-5,7,12,14,18,20H,3,6H2,1-2H3,(H,16,17). The summed E-state index contributed by atoms with van der Waals surface area (Å²) in [4.78, 5) is 23.2. The van der Waals surface area contributed by atoms with Gasteiger partial charge in [0, 0.05) is 5.39 Å². The average molecular weight is 322 g/mol. The van der Waals surface area contributed by atoms with E-state index in [0.29, 0.717) is 10.9 Å². The average Bonchev–Trinajstić information content (AvgIpc) is 3.00. The van der Waals surface area contributed by atoms with Crippen molar-refractivity contribution in [1.29, 1.82) is 0 Å². The number of nitrogens with one attached hydrogen (secondary N) is 1. The lowest BCUT2D eigenvalue weighted by molar-refractivity contribution is -0.147. The Balaban J connectivity index is 2.31. The second kappa shape index (κ2) is 7.21. The fourth-order valence-electron chi connectivity index (χ4n) is 2.25. The third-order valence-electron chi connectivity index (χ3n) is 3.37. The van der Waals surface area contributed by atoms with E-state index in [-0.39, 0.29) is 24.2 Å². The molecule has 0 fully saturated rings. The molecular weight excluding hydrogens is 304 g/mol. The molecule has 1 aromatic carbocycles. The van der Waals surface area contributed by atoms with Crippen molar-refractivity contribution < 1.29 is 29.3 Å². The zero-order valence-corrected chi connectivity index (χ0v) is 12.8. The van der Waals surface area contributed by atoms with E-state index in [2.05, 4.69) is 10.2 Å². The molecule has 0 saturated heterocycles. The summed E-state index contributed by atoms with van der Waals surface area (Å²) in [5, 5.41) is 27.3. The van der Waals surface area contributed by atoms with Gasteiger partial charge in [-0.2, -0.15) is 5.10 Å². The molecule has 0 saturated carbocycles. The number of fused-ring (bicyclic) bond motifs is 1. The van der Waals surface area contributed by atoms with Crippen LogP contribution in [-0.2, 0) is 14.3 Å². The number of aromatic amines is 1. The summed E-state index contributed by atoms with van der Waals surface area (Å²) < 4.78 is 9.44. The number of aliphatic hydroxyl groups excluding tert-OH is 2. The molecule has 2 aromatic rings.